The van der Waals surface area contributed by atoms with E-state index >= 15 is 0 Å². The first-order valence-corrected chi connectivity index (χ1v) is 10.4. The summed E-state index contributed by atoms with van der Waals surface area (Å²) in [5.41, 5.74) is 1.59. The monoisotopic (exact) mass is 445 g/mol. The second-order valence-electron chi connectivity index (χ2n) is 8.11. The van der Waals surface area contributed by atoms with Gasteiger partial charge in [0.1, 0.15) is 6.33 Å². The lowest BCUT2D eigenvalue weighted by atomic mass is 9.86. The van der Waals surface area contributed by atoms with E-state index < -0.39 is 17.7 Å². The van der Waals surface area contributed by atoms with Gasteiger partial charge in [-0.1, -0.05) is 18.2 Å². The van der Waals surface area contributed by atoms with Gasteiger partial charge in [-0.05, 0) is 61.4 Å². The Kier molecular flexibility index (Phi) is 5.90. The van der Waals surface area contributed by atoms with E-state index in [1.807, 2.05) is 6.07 Å². The van der Waals surface area contributed by atoms with E-state index in [2.05, 4.69) is 10.3 Å². The summed E-state index contributed by atoms with van der Waals surface area (Å²) in [6.07, 6.45) is 1.46. The molecule has 2 heterocycles. The Bertz CT molecular complexity index is 1130. The Morgan fingerprint density at radius 2 is 1.78 bits per heavy atom. The van der Waals surface area contributed by atoms with Gasteiger partial charge >= 0.3 is 12.1 Å². The van der Waals surface area contributed by atoms with Crippen LogP contribution in [0.4, 0.5) is 13.2 Å². The van der Waals surface area contributed by atoms with Gasteiger partial charge in [0.05, 0.1) is 17.0 Å². The lowest BCUT2D eigenvalue weighted by Gasteiger charge is -2.26. The normalized spacial score (nSPS) is 19.1. The minimum Gasteiger partial charge on any atom is -0.481 e. The molecule has 1 aliphatic rings. The summed E-state index contributed by atoms with van der Waals surface area (Å²) in [5, 5.41) is 12.1. The van der Waals surface area contributed by atoms with Crippen LogP contribution in [0, 0.1) is 5.92 Å². The number of carbonyl (C=O) groups excluding carboxylic acids is 1. The van der Waals surface area contributed by atoms with E-state index in [1.165, 1.54) is 18.5 Å². The van der Waals surface area contributed by atoms with Gasteiger partial charge in [0, 0.05) is 12.2 Å². The highest BCUT2D eigenvalue weighted by Gasteiger charge is 2.30. The van der Waals surface area contributed by atoms with Gasteiger partial charge in [0.15, 0.2) is 5.69 Å². The van der Waals surface area contributed by atoms with Crippen molar-refractivity contribution < 1.29 is 27.9 Å². The quantitative estimate of drug-likeness (QED) is 0.613. The predicted octanol–water partition coefficient (Wildman–Crippen LogP) is 4.32. The van der Waals surface area contributed by atoms with Crippen molar-refractivity contribution in [1.82, 2.24) is 14.7 Å². The smallest absolute Gasteiger partial charge is 0.416 e. The number of hydrogen-bond donors (Lipinski definition) is 2. The summed E-state index contributed by atoms with van der Waals surface area (Å²) >= 11 is 0. The number of aromatic nitrogens is 2. The number of nitrogens with zero attached hydrogens (tertiary/aromatic N) is 2. The first kappa shape index (κ1) is 21.9. The number of benzene rings is 1. The third-order valence-electron chi connectivity index (χ3n) is 5.94. The predicted molar refractivity (Wildman–Crippen MR) is 110 cm³/mol. The molecule has 1 saturated carbocycles. The molecule has 1 aromatic carbocycles. The fraction of sp³-hybridized carbons (Fsp3) is 0.348. The minimum absolute atomic E-state index is 0.114. The van der Waals surface area contributed by atoms with Gasteiger partial charge in [0.25, 0.3) is 5.91 Å². The molecule has 168 valence electrons. The third-order valence-corrected chi connectivity index (χ3v) is 5.94. The zero-order valence-corrected chi connectivity index (χ0v) is 17.1. The molecule has 2 aromatic heterocycles. The number of rotatable bonds is 5. The Morgan fingerprint density at radius 3 is 2.41 bits per heavy atom. The Morgan fingerprint density at radius 1 is 1.09 bits per heavy atom. The number of fused-ring (bicyclic) bond motifs is 1. The highest BCUT2D eigenvalue weighted by Crippen LogP contribution is 2.30. The van der Waals surface area contributed by atoms with Gasteiger partial charge < -0.3 is 14.8 Å². The molecule has 0 bridgehead atoms. The van der Waals surface area contributed by atoms with Crippen LogP contribution in [-0.2, 0) is 17.4 Å². The number of halogens is 3. The van der Waals surface area contributed by atoms with Crippen LogP contribution in [0.1, 0.15) is 52.9 Å². The molecule has 6 nitrogen and oxygen atoms in total. The lowest BCUT2D eigenvalue weighted by molar-refractivity contribution is -0.143. The van der Waals surface area contributed by atoms with Crippen LogP contribution >= 0.6 is 0 Å². The number of carboxylic acid groups (broad SMARTS) is 1. The first-order chi connectivity index (χ1) is 15.2. The third kappa shape index (κ3) is 4.61. The van der Waals surface area contributed by atoms with Crippen LogP contribution in [0.25, 0.3) is 5.52 Å². The SMILES string of the molecule is O=C(N[C@H]1CC[C@H](C(=O)O)CC1)c1ncn2cccc(Cc3ccc(C(F)(F)F)cc3)c12. The molecule has 4 rings (SSSR count). The molecule has 1 amide bonds. The maximum atomic E-state index is 12.9. The molecule has 32 heavy (non-hydrogen) atoms. The Balaban J connectivity index is 1.53. The van der Waals surface area contributed by atoms with E-state index in [1.54, 1.807) is 16.7 Å². The van der Waals surface area contributed by atoms with E-state index in [0.29, 0.717) is 43.2 Å². The summed E-state index contributed by atoms with van der Waals surface area (Å²) in [5.74, 6) is -1.51. The summed E-state index contributed by atoms with van der Waals surface area (Å²) in [7, 11) is 0. The molecule has 0 unspecified atom stereocenters. The zero-order chi connectivity index (χ0) is 22.9. The van der Waals surface area contributed by atoms with Crippen LogP contribution in [0.5, 0.6) is 0 Å². The molecule has 1 fully saturated rings. The number of imidazole rings is 1. The standard InChI is InChI=1S/C23H22F3N3O3/c24-23(25,26)17-7-3-14(4-8-17)12-16-2-1-11-29-13-27-19(20(16)29)21(30)28-18-9-5-15(6-10-18)22(31)32/h1-4,7-8,11,13,15,18H,5-6,9-10,12H2,(H,28,30)(H,31,32)/t15-,18-. The molecule has 3 aromatic rings. The van der Waals surface area contributed by atoms with Crippen LogP contribution in [0.3, 0.4) is 0 Å². The molecular formula is C23H22F3N3O3. The highest BCUT2D eigenvalue weighted by atomic mass is 19.4. The molecule has 0 spiro atoms. The zero-order valence-electron chi connectivity index (χ0n) is 17.1. The number of alkyl halides is 3. The van der Waals surface area contributed by atoms with Gasteiger partial charge in [-0.2, -0.15) is 13.2 Å². The van der Waals surface area contributed by atoms with Crippen molar-refractivity contribution in [3.05, 3.63) is 71.3 Å². The minimum atomic E-state index is -4.39. The largest absolute Gasteiger partial charge is 0.481 e. The van der Waals surface area contributed by atoms with E-state index in [9.17, 15) is 22.8 Å². The van der Waals surface area contributed by atoms with Crippen LogP contribution < -0.4 is 5.32 Å². The molecule has 0 saturated heterocycles. The maximum absolute atomic E-state index is 12.9. The summed E-state index contributed by atoms with van der Waals surface area (Å²) < 4.78 is 40.2. The van der Waals surface area contributed by atoms with Crippen molar-refractivity contribution in [2.45, 2.75) is 44.3 Å². The lowest BCUT2D eigenvalue weighted by Crippen LogP contribution is -2.39. The van der Waals surface area contributed by atoms with E-state index in [4.69, 9.17) is 5.11 Å². The fourth-order valence-corrected chi connectivity index (χ4v) is 4.20. The second-order valence-corrected chi connectivity index (χ2v) is 8.11. The number of aliphatic carboxylic acids is 1. The molecule has 2 N–H and O–H groups in total. The van der Waals surface area contributed by atoms with Crippen molar-refractivity contribution in [2.24, 2.45) is 5.92 Å². The maximum Gasteiger partial charge on any atom is 0.416 e. The average Bonchev–Trinajstić information content (AvgIpc) is 3.19. The van der Waals surface area contributed by atoms with Crippen LogP contribution in [-0.4, -0.2) is 32.4 Å². The highest BCUT2D eigenvalue weighted by molar-refractivity contribution is 6.00. The van der Waals surface area contributed by atoms with Crippen LogP contribution in [0.2, 0.25) is 0 Å². The molecule has 0 atom stereocenters. The number of nitrogens with one attached hydrogen (secondary N) is 1. The molecule has 9 heteroatoms. The number of amides is 1. The van der Waals surface area contributed by atoms with Crippen molar-refractivity contribution >= 4 is 17.4 Å². The number of pyridine rings is 1. The molecule has 0 aliphatic heterocycles. The molecular weight excluding hydrogens is 423 g/mol. The van der Waals surface area contributed by atoms with Gasteiger partial charge in [0.2, 0.25) is 0 Å². The Hall–Kier alpha value is -3.36. The van der Waals surface area contributed by atoms with Crippen molar-refractivity contribution in [2.75, 3.05) is 0 Å². The summed E-state index contributed by atoms with van der Waals surface area (Å²) in [6, 6.07) is 8.47. The van der Waals surface area contributed by atoms with Gasteiger partial charge in [-0.3, -0.25) is 9.59 Å². The van der Waals surface area contributed by atoms with Crippen molar-refractivity contribution in [3.8, 4) is 0 Å². The van der Waals surface area contributed by atoms with Crippen molar-refractivity contribution in [1.29, 1.82) is 0 Å². The Labute approximate surface area is 182 Å². The first-order valence-electron chi connectivity index (χ1n) is 10.4. The second kappa shape index (κ2) is 8.64. The van der Waals surface area contributed by atoms with E-state index in [-0.39, 0.29) is 23.6 Å². The van der Waals surface area contributed by atoms with Crippen LogP contribution in [0.15, 0.2) is 48.9 Å². The van der Waals surface area contributed by atoms with Gasteiger partial charge in [-0.15, -0.1) is 0 Å². The summed E-state index contributed by atoms with van der Waals surface area (Å²) in [4.78, 5) is 28.3. The topological polar surface area (TPSA) is 83.7 Å². The number of carbonyl (C=O) groups is 2. The average molecular weight is 445 g/mol. The van der Waals surface area contributed by atoms with Crippen molar-refractivity contribution in [3.63, 3.8) is 0 Å². The summed E-state index contributed by atoms with van der Waals surface area (Å²) in [6.45, 7) is 0. The molecule has 0 radical (unpaired) electrons. The molecule has 1 aliphatic carbocycles. The fourth-order valence-electron chi connectivity index (χ4n) is 4.20. The van der Waals surface area contributed by atoms with E-state index in [0.717, 1.165) is 17.7 Å². The number of carboxylic acids is 1. The van der Waals surface area contributed by atoms with Gasteiger partial charge in [-0.25, -0.2) is 4.98 Å². The number of hydrogen-bond acceptors (Lipinski definition) is 3.